The highest BCUT2D eigenvalue weighted by Gasteiger charge is 2.20. The van der Waals surface area contributed by atoms with Crippen LogP contribution in [-0.2, 0) is 11.3 Å². The fourth-order valence-electron chi connectivity index (χ4n) is 2.24. The van der Waals surface area contributed by atoms with Gasteiger partial charge in [0.15, 0.2) is 5.52 Å². The van der Waals surface area contributed by atoms with Crippen LogP contribution in [0.15, 0.2) is 36.5 Å². The molecule has 3 rings (SSSR count). The summed E-state index contributed by atoms with van der Waals surface area (Å²) in [7, 11) is 2.82. The van der Waals surface area contributed by atoms with Crippen molar-refractivity contribution in [2.75, 3.05) is 14.2 Å². The van der Waals surface area contributed by atoms with Crippen molar-refractivity contribution < 1.29 is 14.3 Å². The van der Waals surface area contributed by atoms with Gasteiger partial charge >= 0.3 is 5.97 Å². The molecule has 0 bridgehead atoms. The van der Waals surface area contributed by atoms with Crippen molar-refractivity contribution in [1.29, 1.82) is 0 Å². The van der Waals surface area contributed by atoms with Crippen molar-refractivity contribution >= 4 is 17.0 Å². The molecule has 2 heterocycles. The summed E-state index contributed by atoms with van der Waals surface area (Å²) in [4.78, 5) is 16.0. The van der Waals surface area contributed by atoms with E-state index < -0.39 is 5.97 Å². The van der Waals surface area contributed by atoms with Gasteiger partial charge in [-0.05, 0) is 5.56 Å². The molecule has 0 aliphatic heterocycles. The van der Waals surface area contributed by atoms with Crippen molar-refractivity contribution in [3.05, 3.63) is 47.7 Å². The lowest BCUT2D eigenvalue weighted by molar-refractivity contribution is 0.0602. The number of hydrogen-bond acceptors (Lipinski definition) is 6. The zero-order valence-corrected chi connectivity index (χ0v) is 12.2. The van der Waals surface area contributed by atoms with Gasteiger partial charge < -0.3 is 9.47 Å². The Kier molecular flexibility index (Phi) is 3.69. The van der Waals surface area contributed by atoms with E-state index in [-0.39, 0.29) is 0 Å². The van der Waals surface area contributed by atoms with Crippen molar-refractivity contribution in [1.82, 2.24) is 20.0 Å². The molecule has 0 radical (unpaired) electrons. The lowest BCUT2D eigenvalue weighted by Crippen LogP contribution is -2.09. The Hall–Kier alpha value is -2.96. The van der Waals surface area contributed by atoms with Gasteiger partial charge in [0.05, 0.1) is 20.8 Å². The minimum atomic E-state index is -0.489. The van der Waals surface area contributed by atoms with Crippen molar-refractivity contribution in [2.45, 2.75) is 6.54 Å². The van der Waals surface area contributed by atoms with Gasteiger partial charge in [0, 0.05) is 6.20 Å². The highest BCUT2D eigenvalue weighted by atomic mass is 16.5. The SMILES string of the molecule is COC(=O)c1cnc(OC)c2nnn(Cc3ccccc3)c12. The zero-order valence-electron chi connectivity index (χ0n) is 12.2. The number of hydrogen-bond donors (Lipinski definition) is 0. The van der Waals surface area contributed by atoms with Gasteiger partial charge in [-0.3, -0.25) is 0 Å². The van der Waals surface area contributed by atoms with E-state index in [1.165, 1.54) is 20.4 Å². The van der Waals surface area contributed by atoms with Crippen LogP contribution in [0.5, 0.6) is 5.88 Å². The van der Waals surface area contributed by atoms with Gasteiger partial charge in [-0.1, -0.05) is 35.5 Å². The molecule has 0 aliphatic rings. The average Bonchev–Trinajstić information content (AvgIpc) is 2.98. The molecule has 0 fully saturated rings. The Morgan fingerprint density at radius 2 is 2.00 bits per heavy atom. The largest absolute Gasteiger partial charge is 0.479 e. The number of fused-ring (bicyclic) bond motifs is 1. The summed E-state index contributed by atoms with van der Waals surface area (Å²) in [5.74, 6) is -0.168. The van der Waals surface area contributed by atoms with Gasteiger partial charge in [0.2, 0.25) is 5.88 Å². The van der Waals surface area contributed by atoms with Crippen LogP contribution in [0.4, 0.5) is 0 Å². The summed E-state index contributed by atoms with van der Waals surface area (Å²) in [6.45, 7) is 0.481. The average molecular weight is 298 g/mol. The normalized spacial score (nSPS) is 10.6. The molecule has 22 heavy (non-hydrogen) atoms. The van der Waals surface area contributed by atoms with Gasteiger partial charge in [0.25, 0.3) is 0 Å². The summed E-state index contributed by atoms with van der Waals surface area (Å²) in [6.07, 6.45) is 1.41. The van der Waals surface area contributed by atoms with Crippen molar-refractivity contribution in [2.24, 2.45) is 0 Å². The maximum absolute atomic E-state index is 12.0. The highest BCUT2D eigenvalue weighted by molar-refractivity contribution is 6.02. The molecule has 0 spiro atoms. The first-order valence-corrected chi connectivity index (χ1v) is 6.63. The van der Waals surface area contributed by atoms with E-state index in [1.807, 2.05) is 30.3 Å². The van der Waals surface area contributed by atoms with E-state index in [4.69, 9.17) is 9.47 Å². The second-order valence-electron chi connectivity index (χ2n) is 4.60. The molecular weight excluding hydrogens is 284 g/mol. The molecule has 3 aromatic rings. The number of methoxy groups -OCH3 is 2. The number of carbonyl (C=O) groups is 1. The van der Waals surface area contributed by atoms with Gasteiger partial charge in [0.1, 0.15) is 11.1 Å². The second-order valence-corrected chi connectivity index (χ2v) is 4.60. The maximum Gasteiger partial charge on any atom is 0.341 e. The fourth-order valence-corrected chi connectivity index (χ4v) is 2.24. The quantitative estimate of drug-likeness (QED) is 0.682. The first-order chi connectivity index (χ1) is 10.7. The number of esters is 1. The monoisotopic (exact) mass is 298 g/mol. The van der Waals surface area contributed by atoms with E-state index in [9.17, 15) is 4.79 Å². The van der Waals surface area contributed by atoms with Gasteiger partial charge in [-0.25, -0.2) is 14.5 Å². The summed E-state index contributed by atoms with van der Waals surface area (Å²) in [5, 5.41) is 8.20. The van der Waals surface area contributed by atoms with Crippen molar-refractivity contribution in [3.63, 3.8) is 0 Å². The highest BCUT2D eigenvalue weighted by Crippen LogP contribution is 2.25. The molecule has 2 aromatic heterocycles. The molecule has 0 amide bonds. The van der Waals surface area contributed by atoms with E-state index in [1.54, 1.807) is 4.68 Å². The standard InChI is InChI=1S/C15H14N4O3/c1-21-14-12-13(11(8-16-14)15(20)22-2)19(18-17-12)9-10-6-4-3-5-7-10/h3-8H,9H2,1-2H3. The predicted octanol–water partition coefficient (Wildman–Crippen LogP) is 1.67. The molecule has 7 heteroatoms. The summed E-state index contributed by atoms with van der Waals surface area (Å²) < 4.78 is 11.6. The second kappa shape index (κ2) is 5.80. The molecular formula is C15H14N4O3. The molecule has 7 nitrogen and oxygen atoms in total. The Balaban J connectivity index is 2.16. The summed E-state index contributed by atoms with van der Waals surface area (Å²) in [5.41, 5.74) is 2.32. The van der Waals surface area contributed by atoms with Crippen molar-refractivity contribution in [3.8, 4) is 5.88 Å². The third-order valence-electron chi connectivity index (χ3n) is 3.28. The number of nitrogens with zero attached hydrogens (tertiary/aromatic N) is 4. The smallest absolute Gasteiger partial charge is 0.341 e. The molecule has 0 saturated heterocycles. The minimum absolute atomic E-state index is 0.305. The zero-order chi connectivity index (χ0) is 15.5. The Morgan fingerprint density at radius 3 is 2.68 bits per heavy atom. The predicted molar refractivity (Wildman–Crippen MR) is 78.8 cm³/mol. The lowest BCUT2D eigenvalue weighted by atomic mass is 10.2. The number of pyridine rings is 1. The van der Waals surface area contributed by atoms with Crippen LogP contribution in [0.1, 0.15) is 15.9 Å². The van der Waals surface area contributed by atoms with Crippen LogP contribution in [0.2, 0.25) is 0 Å². The topological polar surface area (TPSA) is 79.1 Å². The Morgan fingerprint density at radius 1 is 1.23 bits per heavy atom. The number of rotatable bonds is 4. The van der Waals surface area contributed by atoms with E-state index >= 15 is 0 Å². The molecule has 0 saturated carbocycles. The third-order valence-corrected chi connectivity index (χ3v) is 3.28. The van der Waals surface area contributed by atoms with Gasteiger partial charge in [-0.2, -0.15) is 0 Å². The number of ether oxygens (including phenoxy) is 2. The molecule has 0 aliphatic carbocycles. The Bertz CT molecular complexity index is 814. The van der Waals surface area contributed by atoms with Crippen LogP contribution in [0.3, 0.4) is 0 Å². The Labute approximate surface area is 126 Å². The molecule has 0 unspecified atom stereocenters. The maximum atomic E-state index is 12.0. The summed E-state index contributed by atoms with van der Waals surface area (Å²) in [6, 6.07) is 9.78. The molecule has 112 valence electrons. The van der Waals surface area contributed by atoms with E-state index in [0.717, 1.165) is 5.56 Å². The fraction of sp³-hybridized carbons (Fsp3) is 0.200. The van der Waals surface area contributed by atoms with Crippen LogP contribution in [0, 0.1) is 0 Å². The van der Waals surface area contributed by atoms with Crippen LogP contribution in [-0.4, -0.2) is 40.2 Å². The summed E-state index contributed by atoms with van der Waals surface area (Å²) >= 11 is 0. The first kappa shape index (κ1) is 14.0. The number of aromatic nitrogens is 4. The third kappa shape index (κ3) is 2.37. The van der Waals surface area contributed by atoms with Crippen LogP contribution in [0.25, 0.3) is 11.0 Å². The number of benzene rings is 1. The van der Waals surface area contributed by atoms with E-state index in [0.29, 0.717) is 29.0 Å². The van der Waals surface area contributed by atoms with Crippen LogP contribution < -0.4 is 4.74 Å². The minimum Gasteiger partial charge on any atom is -0.479 e. The van der Waals surface area contributed by atoms with Gasteiger partial charge in [-0.15, -0.1) is 5.10 Å². The lowest BCUT2D eigenvalue weighted by Gasteiger charge is -2.07. The molecule has 1 aromatic carbocycles. The van der Waals surface area contributed by atoms with Crippen LogP contribution >= 0.6 is 0 Å². The molecule has 0 N–H and O–H groups in total. The number of carbonyl (C=O) groups excluding carboxylic acids is 1. The van der Waals surface area contributed by atoms with E-state index in [2.05, 4.69) is 15.3 Å². The first-order valence-electron chi connectivity index (χ1n) is 6.63. The molecule has 0 atom stereocenters.